The highest BCUT2D eigenvalue weighted by Crippen LogP contribution is 2.16. The molecule has 0 amide bonds. The van der Waals surface area contributed by atoms with Crippen LogP contribution in [0.25, 0.3) is 0 Å². The molecule has 0 heterocycles. The van der Waals surface area contributed by atoms with Crippen LogP contribution >= 0.6 is 0 Å². The number of aliphatic imine (C=N–C) groups is 1. The largest absolute Gasteiger partial charge is 0.335 e. The van der Waals surface area contributed by atoms with Gasteiger partial charge in [-0.25, -0.2) is 4.99 Å². The first kappa shape index (κ1) is 18.4. The normalized spacial score (nSPS) is 11.0. The average Bonchev–Trinajstić information content (AvgIpc) is 2.81. The number of hydrogen-bond donors (Lipinski definition) is 0. The van der Waals surface area contributed by atoms with Crippen LogP contribution in [0.5, 0.6) is 0 Å². The van der Waals surface area contributed by atoms with Crippen LogP contribution in [0.1, 0.15) is 16.7 Å². The summed E-state index contributed by atoms with van der Waals surface area (Å²) in [5, 5.41) is 4.52. The van der Waals surface area contributed by atoms with Gasteiger partial charge in [-0.15, -0.1) is 0 Å². The SMILES string of the molecule is c1ccc(N=C(ON=C(c2ccccc2)c2ccccc2)c2ccccc2)cc1. The van der Waals surface area contributed by atoms with Gasteiger partial charge in [0.1, 0.15) is 5.71 Å². The number of hydrogen-bond acceptors (Lipinski definition) is 3. The molecule has 0 spiro atoms. The molecule has 0 fully saturated rings. The van der Waals surface area contributed by atoms with E-state index < -0.39 is 0 Å². The summed E-state index contributed by atoms with van der Waals surface area (Å²) in [4.78, 5) is 10.6. The maximum absolute atomic E-state index is 5.94. The van der Waals surface area contributed by atoms with Crippen molar-refractivity contribution in [3.8, 4) is 0 Å². The van der Waals surface area contributed by atoms with E-state index in [9.17, 15) is 0 Å². The van der Waals surface area contributed by atoms with Gasteiger partial charge < -0.3 is 4.84 Å². The zero-order valence-electron chi connectivity index (χ0n) is 15.8. The first-order chi connectivity index (χ1) is 14.4. The minimum Gasteiger partial charge on any atom is -0.335 e. The summed E-state index contributed by atoms with van der Waals surface area (Å²) < 4.78 is 0. The topological polar surface area (TPSA) is 34.0 Å². The van der Waals surface area contributed by atoms with E-state index in [1.807, 2.05) is 121 Å². The fraction of sp³-hybridized carbons (Fsp3) is 0. The summed E-state index contributed by atoms with van der Waals surface area (Å²) in [6.07, 6.45) is 0. The molecule has 0 aliphatic heterocycles. The zero-order valence-corrected chi connectivity index (χ0v) is 15.8. The van der Waals surface area contributed by atoms with Crippen molar-refractivity contribution in [2.75, 3.05) is 0 Å². The number of oxime groups is 1. The van der Waals surface area contributed by atoms with E-state index in [-0.39, 0.29) is 0 Å². The summed E-state index contributed by atoms with van der Waals surface area (Å²) in [5.41, 5.74) is 4.38. The van der Waals surface area contributed by atoms with Crippen LogP contribution in [-0.4, -0.2) is 11.6 Å². The smallest absolute Gasteiger partial charge is 0.256 e. The van der Waals surface area contributed by atoms with E-state index in [2.05, 4.69) is 10.1 Å². The zero-order chi connectivity index (χ0) is 19.7. The van der Waals surface area contributed by atoms with Gasteiger partial charge in [0.15, 0.2) is 0 Å². The predicted octanol–water partition coefficient (Wildman–Crippen LogP) is 6.23. The highest BCUT2D eigenvalue weighted by Gasteiger charge is 2.10. The lowest BCUT2D eigenvalue weighted by molar-refractivity contribution is 0.330. The Morgan fingerprint density at radius 3 is 1.38 bits per heavy atom. The average molecular weight is 376 g/mol. The summed E-state index contributed by atoms with van der Waals surface area (Å²) in [6, 6.07) is 39.5. The summed E-state index contributed by atoms with van der Waals surface area (Å²) in [5.74, 6) is 0.446. The van der Waals surface area contributed by atoms with Crippen molar-refractivity contribution in [3.63, 3.8) is 0 Å². The molecule has 0 aliphatic rings. The van der Waals surface area contributed by atoms with Crippen LogP contribution in [0.15, 0.2) is 131 Å². The van der Waals surface area contributed by atoms with Crippen molar-refractivity contribution in [1.29, 1.82) is 0 Å². The second-order valence-corrected chi connectivity index (χ2v) is 6.38. The molecule has 0 saturated carbocycles. The van der Waals surface area contributed by atoms with Gasteiger partial charge in [-0.1, -0.05) is 102 Å². The van der Waals surface area contributed by atoms with E-state index in [4.69, 9.17) is 4.84 Å². The lowest BCUT2D eigenvalue weighted by Gasteiger charge is -2.09. The molecule has 0 aromatic heterocycles. The maximum Gasteiger partial charge on any atom is 0.256 e. The minimum atomic E-state index is 0.446. The monoisotopic (exact) mass is 376 g/mol. The van der Waals surface area contributed by atoms with E-state index in [0.29, 0.717) is 5.90 Å². The van der Waals surface area contributed by atoms with Crippen LogP contribution < -0.4 is 0 Å². The molecule has 0 radical (unpaired) electrons. The summed E-state index contributed by atoms with van der Waals surface area (Å²) >= 11 is 0. The van der Waals surface area contributed by atoms with E-state index in [0.717, 1.165) is 28.1 Å². The fourth-order valence-electron chi connectivity index (χ4n) is 2.89. The molecule has 4 rings (SSSR count). The number of nitrogens with zero attached hydrogens (tertiary/aromatic N) is 2. The molecule has 4 aromatic rings. The Labute approximate surface area is 170 Å². The molecule has 0 atom stereocenters. The van der Waals surface area contributed by atoms with Crippen LogP contribution in [0.3, 0.4) is 0 Å². The Balaban J connectivity index is 1.75. The third-order valence-corrected chi connectivity index (χ3v) is 4.33. The first-order valence-electron chi connectivity index (χ1n) is 9.45. The molecule has 29 heavy (non-hydrogen) atoms. The Morgan fingerprint density at radius 1 is 0.483 bits per heavy atom. The van der Waals surface area contributed by atoms with Gasteiger partial charge in [0.25, 0.3) is 5.90 Å². The van der Waals surface area contributed by atoms with Crippen molar-refractivity contribution in [1.82, 2.24) is 0 Å². The Hall–Kier alpha value is -3.98. The molecule has 4 aromatic carbocycles. The standard InChI is InChI=1S/C26H20N2O/c1-5-13-21(14-6-1)25(22-15-7-2-8-16-22)28-29-26(23-17-9-3-10-18-23)27-24-19-11-4-12-20-24/h1-20H. The Kier molecular flexibility index (Phi) is 5.89. The highest BCUT2D eigenvalue weighted by atomic mass is 16.6. The number of rotatable bonds is 5. The molecule has 3 heteroatoms. The highest BCUT2D eigenvalue weighted by molar-refractivity contribution is 6.13. The molecule has 140 valence electrons. The van der Waals surface area contributed by atoms with Crippen LogP contribution in [0, 0.1) is 0 Å². The van der Waals surface area contributed by atoms with Crippen molar-refractivity contribution in [3.05, 3.63) is 138 Å². The predicted molar refractivity (Wildman–Crippen MR) is 119 cm³/mol. The van der Waals surface area contributed by atoms with E-state index >= 15 is 0 Å². The third kappa shape index (κ3) is 4.85. The molecule has 0 bridgehead atoms. The molecule has 0 unspecified atom stereocenters. The van der Waals surface area contributed by atoms with Gasteiger partial charge in [0.05, 0.1) is 5.69 Å². The molecular formula is C26H20N2O. The van der Waals surface area contributed by atoms with Gasteiger partial charge in [-0.2, -0.15) is 0 Å². The van der Waals surface area contributed by atoms with Gasteiger partial charge >= 0.3 is 0 Å². The van der Waals surface area contributed by atoms with Gasteiger partial charge in [-0.05, 0) is 24.3 Å². The van der Waals surface area contributed by atoms with Crippen molar-refractivity contribution in [2.45, 2.75) is 0 Å². The van der Waals surface area contributed by atoms with E-state index in [1.165, 1.54) is 0 Å². The maximum atomic E-state index is 5.94. The van der Waals surface area contributed by atoms with Crippen molar-refractivity contribution < 1.29 is 4.84 Å². The van der Waals surface area contributed by atoms with Crippen molar-refractivity contribution >= 4 is 17.3 Å². The quantitative estimate of drug-likeness (QED) is 0.231. The molecule has 0 saturated heterocycles. The third-order valence-electron chi connectivity index (χ3n) is 4.33. The fourth-order valence-corrected chi connectivity index (χ4v) is 2.89. The molecule has 3 nitrogen and oxygen atoms in total. The van der Waals surface area contributed by atoms with Gasteiger partial charge in [0, 0.05) is 16.7 Å². The Bertz CT molecular complexity index is 1050. The lowest BCUT2D eigenvalue weighted by atomic mass is 10.0. The van der Waals surface area contributed by atoms with Gasteiger partial charge in [-0.3, -0.25) is 0 Å². The first-order valence-corrected chi connectivity index (χ1v) is 9.45. The van der Waals surface area contributed by atoms with Gasteiger partial charge in [0.2, 0.25) is 0 Å². The summed E-state index contributed by atoms with van der Waals surface area (Å²) in [7, 11) is 0. The Morgan fingerprint density at radius 2 is 0.897 bits per heavy atom. The molecule has 0 N–H and O–H groups in total. The van der Waals surface area contributed by atoms with E-state index in [1.54, 1.807) is 0 Å². The van der Waals surface area contributed by atoms with Crippen molar-refractivity contribution in [2.24, 2.45) is 10.1 Å². The molecule has 0 aliphatic carbocycles. The number of benzene rings is 4. The van der Waals surface area contributed by atoms with Crippen LogP contribution in [0.2, 0.25) is 0 Å². The van der Waals surface area contributed by atoms with Crippen LogP contribution in [-0.2, 0) is 4.84 Å². The second kappa shape index (κ2) is 9.29. The number of para-hydroxylation sites is 1. The lowest BCUT2D eigenvalue weighted by Crippen LogP contribution is -2.08. The second-order valence-electron chi connectivity index (χ2n) is 6.38. The van der Waals surface area contributed by atoms with Crippen LogP contribution in [0.4, 0.5) is 5.69 Å². The summed E-state index contributed by atoms with van der Waals surface area (Å²) in [6.45, 7) is 0. The minimum absolute atomic E-state index is 0.446. The molecular weight excluding hydrogens is 356 g/mol.